The van der Waals surface area contributed by atoms with Gasteiger partial charge in [0.1, 0.15) is 6.04 Å². The number of carbonyl (C=O) groups excluding carboxylic acids is 1. The second-order valence-electron chi connectivity index (χ2n) is 6.25. The van der Waals surface area contributed by atoms with Crippen molar-refractivity contribution in [2.75, 3.05) is 0 Å². The number of carboxylic acid groups (broad SMARTS) is 1. The minimum Gasteiger partial charge on any atom is -0.480 e. The van der Waals surface area contributed by atoms with Crippen molar-refractivity contribution in [2.24, 2.45) is 0 Å². The summed E-state index contributed by atoms with van der Waals surface area (Å²) in [5.41, 5.74) is 3.13. The smallest absolute Gasteiger partial charge is 0.326 e. The Morgan fingerprint density at radius 2 is 1.61 bits per heavy atom. The van der Waals surface area contributed by atoms with Gasteiger partial charge in [0.2, 0.25) is 0 Å². The highest BCUT2D eigenvalue weighted by Gasteiger charge is 2.22. The third kappa shape index (κ3) is 5.00. The van der Waals surface area contributed by atoms with Crippen LogP contribution in [0.2, 0.25) is 5.02 Å². The molecule has 4 nitrogen and oxygen atoms in total. The van der Waals surface area contributed by atoms with Crippen LogP contribution in [0.4, 0.5) is 0 Å². The molecule has 6 heteroatoms. The van der Waals surface area contributed by atoms with Gasteiger partial charge in [-0.3, -0.25) is 4.79 Å². The zero-order chi connectivity index (χ0) is 20.1. The van der Waals surface area contributed by atoms with E-state index in [0.717, 1.165) is 15.6 Å². The van der Waals surface area contributed by atoms with E-state index in [4.69, 9.17) is 11.6 Å². The SMILES string of the molecule is O=C(N[C@H](Cc1cc(Cl)ccc1Br)C(=O)O)c1ccc(-c2ccccc2)cc1. The van der Waals surface area contributed by atoms with Crippen molar-refractivity contribution in [3.63, 3.8) is 0 Å². The van der Waals surface area contributed by atoms with Gasteiger partial charge in [0, 0.05) is 21.5 Å². The summed E-state index contributed by atoms with van der Waals surface area (Å²) >= 11 is 9.38. The van der Waals surface area contributed by atoms with Crippen molar-refractivity contribution in [2.45, 2.75) is 12.5 Å². The lowest BCUT2D eigenvalue weighted by Gasteiger charge is -2.16. The maximum absolute atomic E-state index is 12.5. The first-order valence-corrected chi connectivity index (χ1v) is 9.74. The second kappa shape index (κ2) is 9.04. The second-order valence-corrected chi connectivity index (χ2v) is 7.54. The highest BCUT2D eigenvalue weighted by atomic mass is 79.9. The van der Waals surface area contributed by atoms with Gasteiger partial charge in [-0.15, -0.1) is 0 Å². The molecule has 0 radical (unpaired) electrons. The monoisotopic (exact) mass is 457 g/mol. The van der Waals surface area contributed by atoms with E-state index in [1.54, 1.807) is 30.3 Å². The molecule has 0 saturated heterocycles. The molecule has 0 fully saturated rings. The molecule has 0 unspecified atom stereocenters. The van der Waals surface area contributed by atoms with Crippen LogP contribution in [0.1, 0.15) is 15.9 Å². The summed E-state index contributed by atoms with van der Waals surface area (Å²) in [5.74, 6) is -1.55. The Hall–Kier alpha value is -2.63. The number of rotatable bonds is 6. The van der Waals surface area contributed by atoms with Gasteiger partial charge in [0.15, 0.2) is 0 Å². The lowest BCUT2D eigenvalue weighted by atomic mass is 10.0. The molecule has 0 spiro atoms. The average Bonchev–Trinajstić information content (AvgIpc) is 2.70. The molecule has 0 heterocycles. The van der Waals surface area contributed by atoms with Crippen LogP contribution in [-0.2, 0) is 11.2 Å². The molecule has 0 aliphatic heterocycles. The molecule has 0 aliphatic carbocycles. The fourth-order valence-electron chi connectivity index (χ4n) is 2.81. The molecule has 3 aromatic carbocycles. The molecular weight excluding hydrogens is 442 g/mol. The van der Waals surface area contributed by atoms with Crippen molar-refractivity contribution in [3.05, 3.63) is 93.4 Å². The van der Waals surface area contributed by atoms with E-state index in [-0.39, 0.29) is 6.42 Å². The van der Waals surface area contributed by atoms with Gasteiger partial charge < -0.3 is 10.4 Å². The third-order valence-electron chi connectivity index (χ3n) is 4.29. The van der Waals surface area contributed by atoms with Crippen molar-refractivity contribution in [1.29, 1.82) is 0 Å². The number of aliphatic carboxylic acids is 1. The molecule has 0 aromatic heterocycles. The number of amides is 1. The van der Waals surface area contributed by atoms with Crippen LogP contribution < -0.4 is 5.32 Å². The van der Waals surface area contributed by atoms with Crippen LogP contribution in [0.5, 0.6) is 0 Å². The van der Waals surface area contributed by atoms with Gasteiger partial charge in [0.05, 0.1) is 0 Å². The van der Waals surface area contributed by atoms with Crippen LogP contribution in [0.3, 0.4) is 0 Å². The van der Waals surface area contributed by atoms with Crippen molar-refractivity contribution in [3.8, 4) is 11.1 Å². The summed E-state index contributed by atoms with van der Waals surface area (Å²) in [6.07, 6.45) is 0.115. The van der Waals surface area contributed by atoms with Gasteiger partial charge in [-0.25, -0.2) is 4.79 Å². The Morgan fingerprint density at radius 1 is 0.964 bits per heavy atom. The summed E-state index contributed by atoms with van der Waals surface area (Å²) in [4.78, 5) is 24.2. The zero-order valence-electron chi connectivity index (χ0n) is 14.7. The molecule has 0 saturated carbocycles. The Balaban J connectivity index is 1.74. The first-order valence-electron chi connectivity index (χ1n) is 8.57. The number of benzene rings is 3. The maximum Gasteiger partial charge on any atom is 0.326 e. The van der Waals surface area contributed by atoms with Crippen molar-refractivity contribution < 1.29 is 14.7 Å². The number of halogens is 2. The van der Waals surface area contributed by atoms with E-state index in [1.165, 1.54) is 0 Å². The summed E-state index contributed by atoms with van der Waals surface area (Å²) in [5, 5.41) is 12.6. The summed E-state index contributed by atoms with van der Waals surface area (Å²) in [7, 11) is 0. The number of carbonyl (C=O) groups is 2. The minimum absolute atomic E-state index is 0.115. The van der Waals surface area contributed by atoms with Crippen molar-refractivity contribution in [1.82, 2.24) is 5.32 Å². The summed E-state index contributed by atoms with van der Waals surface area (Å²) < 4.78 is 0.740. The van der Waals surface area contributed by atoms with Crippen LogP contribution in [-0.4, -0.2) is 23.0 Å². The number of nitrogens with one attached hydrogen (secondary N) is 1. The highest BCUT2D eigenvalue weighted by Crippen LogP contribution is 2.23. The largest absolute Gasteiger partial charge is 0.480 e. The van der Waals surface area contributed by atoms with Crippen molar-refractivity contribution >= 4 is 39.4 Å². The number of carboxylic acids is 1. The zero-order valence-corrected chi connectivity index (χ0v) is 17.1. The molecule has 2 N–H and O–H groups in total. The predicted octanol–water partition coefficient (Wildman–Crippen LogP) is 5.20. The van der Waals surface area contributed by atoms with Crippen LogP contribution >= 0.6 is 27.5 Å². The molecular formula is C22H17BrClNO3. The fraction of sp³-hybridized carbons (Fsp3) is 0.0909. The van der Waals surface area contributed by atoms with Crippen LogP contribution in [0.25, 0.3) is 11.1 Å². The van der Waals surface area contributed by atoms with Crippen LogP contribution in [0, 0.1) is 0 Å². The van der Waals surface area contributed by atoms with Gasteiger partial charge in [-0.05, 0) is 47.0 Å². The van der Waals surface area contributed by atoms with E-state index in [1.807, 2.05) is 42.5 Å². The number of hydrogen-bond donors (Lipinski definition) is 2. The van der Waals surface area contributed by atoms with E-state index in [9.17, 15) is 14.7 Å². The van der Waals surface area contributed by atoms with Gasteiger partial charge in [-0.2, -0.15) is 0 Å². The minimum atomic E-state index is -1.11. The summed E-state index contributed by atoms with van der Waals surface area (Å²) in [6.45, 7) is 0. The van der Waals surface area contributed by atoms with E-state index in [2.05, 4.69) is 21.2 Å². The molecule has 28 heavy (non-hydrogen) atoms. The normalized spacial score (nSPS) is 11.6. The molecule has 1 atom stereocenters. The van der Waals surface area contributed by atoms with Gasteiger partial charge in [-0.1, -0.05) is 70.0 Å². The quantitative estimate of drug-likeness (QED) is 0.534. The third-order valence-corrected chi connectivity index (χ3v) is 5.30. The molecule has 3 rings (SSSR count). The van der Waals surface area contributed by atoms with E-state index < -0.39 is 17.9 Å². The van der Waals surface area contributed by atoms with E-state index in [0.29, 0.717) is 16.1 Å². The Morgan fingerprint density at radius 3 is 2.25 bits per heavy atom. The Kier molecular flexibility index (Phi) is 6.49. The lowest BCUT2D eigenvalue weighted by Crippen LogP contribution is -2.42. The molecule has 142 valence electrons. The fourth-order valence-corrected chi connectivity index (χ4v) is 3.41. The molecule has 3 aromatic rings. The Bertz CT molecular complexity index is 990. The first-order chi connectivity index (χ1) is 13.4. The van der Waals surface area contributed by atoms with E-state index >= 15 is 0 Å². The molecule has 0 aliphatic rings. The Labute approximate surface area is 176 Å². The topological polar surface area (TPSA) is 66.4 Å². The maximum atomic E-state index is 12.5. The van der Waals surface area contributed by atoms with Crippen LogP contribution in [0.15, 0.2) is 77.3 Å². The molecule has 1 amide bonds. The predicted molar refractivity (Wildman–Crippen MR) is 114 cm³/mol. The van der Waals surface area contributed by atoms with Gasteiger partial charge >= 0.3 is 5.97 Å². The highest BCUT2D eigenvalue weighted by molar-refractivity contribution is 9.10. The van der Waals surface area contributed by atoms with Gasteiger partial charge in [0.25, 0.3) is 5.91 Å². The number of hydrogen-bond acceptors (Lipinski definition) is 2. The molecule has 0 bridgehead atoms. The first kappa shape index (κ1) is 20.1. The lowest BCUT2D eigenvalue weighted by molar-refractivity contribution is -0.139. The summed E-state index contributed by atoms with van der Waals surface area (Å²) in [6, 6.07) is 20.9. The standard InChI is InChI=1S/C22H17BrClNO3/c23-19-11-10-18(24)12-17(19)13-20(22(27)28)25-21(26)16-8-6-15(7-9-16)14-4-2-1-3-5-14/h1-12,20H,13H2,(H,25,26)(H,27,28)/t20-/m1/s1. The average molecular weight is 459 g/mol.